The van der Waals surface area contributed by atoms with E-state index in [1.54, 1.807) is 0 Å². The Labute approximate surface area is 124 Å². The van der Waals surface area contributed by atoms with Crippen molar-refractivity contribution in [3.8, 4) is 0 Å². The van der Waals surface area contributed by atoms with Gasteiger partial charge in [0.2, 0.25) is 0 Å². The van der Waals surface area contributed by atoms with Gasteiger partial charge in [-0.25, -0.2) is 4.79 Å². The highest BCUT2D eigenvalue weighted by Gasteiger charge is 2.31. The first-order valence-corrected chi connectivity index (χ1v) is 7.79. The molecular weight excluding hydrogens is 252 g/mol. The van der Waals surface area contributed by atoms with E-state index in [0.29, 0.717) is 5.41 Å². The minimum absolute atomic E-state index is 0.169. The first-order valence-electron chi connectivity index (χ1n) is 7.79. The molecule has 4 nitrogen and oxygen atoms in total. The van der Waals surface area contributed by atoms with Crippen molar-refractivity contribution in [1.29, 1.82) is 0 Å². The van der Waals surface area contributed by atoms with Gasteiger partial charge in [0.15, 0.2) is 0 Å². The smallest absolute Gasteiger partial charge is 0.410 e. The summed E-state index contributed by atoms with van der Waals surface area (Å²) in [6.45, 7) is 15.2. The minimum atomic E-state index is -0.413. The second-order valence-corrected chi connectivity index (χ2v) is 7.98. The van der Waals surface area contributed by atoms with Gasteiger partial charge in [-0.15, -0.1) is 0 Å². The fourth-order valence-corrected chi connectivity index (χ4v) is 2.34. The van der Waals surface area contributed by atoms with Crippen molar-refractivity contribution in [2.75, 3.05) is 19.6 Å². The molecule has 0 aliphatic carbocycles. The van der Waals surface area contributed by atoms with Crippen LogP contribution in [0, 0.1) is 5.41 Å². The van der Waals surface area contributed by atoms with Gasteiger partial charge in [0, 0.05) is 19.1 Å². The van der Waals surface area contributed by atoms with Gasteiger partial charge >= 0.3 is 6.09 Å². The Hall–Kier alpha value is -0.770. The zero-order valence-corrected chi connectivity index (χ0v) is 14.1. The zero-order chi connectivity index (χ0) is 15.4. The molecule has 1 aliphatic heterocycles. The van der Waals surface area contributed by atoms with Crippen molar-refractivity contribution in [1.82, 2.24) is 10.2 Å². The number of hydrogen-bond donors (Lipinski definition) is 1. The molecule has 0 aromatic rings. The molecule has 20 heavy (non-hydrogen) atoms. The quantitative estimate of drug-likeness (QED) is 0.804. The highest BCUT2D eigenvalue weighted by molar-refractivity contribution is 5.69. The van der Waals surface area contributed by atoms with Gasteiger partial charge < -0.3 is 15.0 Å². The van der Waals surface area contributed by atoms with Crippen LogP contribution in [0.25, 0.3) is 0 Å². The molecule has 1 rings (SSSR count). The summed E-state index contributed by atoms with van der Waals surface area (Å²) in [5.74, 6) is 0. The molecule has 0 radical (unpaired) electrons. The monoisotopic (exact) mass is 284 g/mol. The Balaban J connectivity index is 2.36. The van der Waals surface area contributed by atoms with E-state index in [2.05, 4.69) is 26.1 Å². The van der Waals surface area contributed by atoms with Crippen molar-refractivity contribution in [2.24, 2.45) is 5.41 Å². The second-order valence-electron chi connectivity index (χ2n) is 7.98. The van der Waals surface area contributed by atoms with Crippen molar-refractivity contribution in [3.05, 3.63) is 0 Å². The summed E-state index contributed by atoms with van der Waals surface area (Å²) in [4.78, 5) is 14.0. The molecule has 1 saturated heterocycles. The highest BCUT2D eigenvalue weighted by Crippen LogP contribution is 2.21. The lowest BCUT2D eigenvalue weighted by atomic mass is 9.92. The summed E-state index contributed by atoms with van der Waals surface area (Å²) in [5, 5.41) is 3.48. The van der Waals surface area contributed by atoms with Crippen LogP contribution in [0.15, 0.2) is 0 Å². The van der Waals surface area contributed by atoms with E-state index in [9.17, 15) is 4.79 Å². The van der Waals surface area contributed by atoms with Crippen LogP contribution in [0.5, 0.6) is 0 Å². The van der Waals surface area contributed by atoms with E-state index in [1.165, 1.54) is 0 Å². The fourth-order valence-electron chi connectivity index (χ4n) is 2.34. The average molecular weight is 284 g/mol. The van der Waals surface area contributed by atoms with E-state index in [0.717, 1.165) is 38.9 Å². The topological polar surface area (TPSA) is 41.6 Å². The third-order valence-electron chi connectivity index (χ3n) is 3.44. The van der Waals surface area contributed by atoms with Gasteiger partial charge in [0.1, 0.15) is 5.60 Å². The SMILES string of the molecule is CC(C)(C)CCNCC1CCCN1C(=O)OC(C)(C)C. The molecule has 0 spiro atoms. The number of amides is 1. The van der Waals surface area contributed by atoms with Crippen LogP contribution in [0.1, 0.15) is 60.8 Å². The number of nitrogens with one attached hydrogen (secondary N) is 1. The predicted octanol–water partition coefficient (Wildman–Crippen LogP) is 3.41. The summed E-state index contributed by atoms with van der Waals surface area (Å²) in [6, 6.07) is 0.282. The van der Waals surface area contributed by atoms with Crippen LogP contribution >= 0.6 is 0 Å². The third kappa shape index (κ3) is 6.60. The van der Waals surface area contributed by atoms with Crippen molar-refractivity contribution in [2.45, 2.75) is 72.4 Å². The summed E-state index contributed by atoms with van der Waals surface area (Å²) < 4.78 is 5.47. The normalized spacial score (nSPS) is 20.3. The summed E-state index contributed by atoms with van der Waals surface area (Å²) in [6.07, 6.45) is 3.12. The number of carbonyl (C=O) groups is 1. The largest absolute Gasteiger partial charge is 0.444 e. The van der Waals surface area contributed by atoms with Crippen molar-refractivity contribution in [3.63, 3.8) is 0 Å². The van der Waals surface area contributed by atoms with E-state index >= 15 is 0 Å². The first-order chi connectivity index (χ1) is 9.08. The summed E-state index contributed by atoms with van der Waals surface area (Å²) in [7, 11) is 0. The van der Waals surface area contributed by atoms with Crippen molar-refractivity contribution < 1.29 is 9.53 Å². The van der Waals surface area contributed by atoms with Crippen LogP contribution in [0.2, 0.25) is 0 Å². The third-order valence-corrected chi connectivity index (χ3v) is 3.44. The Kier molecular flexibility index (Phi) is 5.87. The molecule has 0 saturated carbocycles. The maximum Gasteiger partial charge on any atom is 0.410 e. The number of carbonyl (C=O) groups excluding carboxylic acids is 1. The molecule has 0 aromatic heterocycles. The van der Waals surface area contributed by atoms with E-state index in [4.69, 9.17) is 4.74 Å². The maximum absolute atomic E-state index is 12.1. The van der Waals surface area contributed by atoms with Crippen molar-refractivity contribution >= 4 is 6.09 Å². The van der Waals surface area contributed by atoms with Crippen LogP contribution in [-0.2, 0) is 4.74 Å². The molecule has 0 bridgehead atoms. The molecule has 1 fully saturated rings. The van der Waals surface area contributed by atoms with Crippen LogP contribution in [0.3, 0.4) is 0 Å². The van der Waals surface area contributed by atoms with Gasteiger partial charge in [-0.05, 0) is 52.0 Å². The molecular formula is C16H32N2O2. The van der Waals surface area contributed by atoms with Gasteiger partial charge in [0.25, 0.3) is 0 Å². The maximum atomic E-state index is 12.1. The van der Waals surface area contributed by atoms with Gasteiger partial charge in [-0.1, -0.05) is 20.8 Å². The van der Waals surface area contributed by atoms with E-state index in [-0.39, 0.29) is 12.1 Å². The molecule has 1 N–H and O–H groups in total. The van der Waals surface area contributed by atoms with Gasteiger partial charge in [-0.3, -0.25) is 0 Å². The molecule has 1 amide bonds. The average Bonchev–Trinajstić information content (AvgIpc) is 2.68. The van der Waals surface area contributed by atoms with Gasteiger partial charge in [0.05, 0.1) is 0 Å². The van der Waals surface area contributed by atoms with Crippen LogP contribution in [-0.4, -0.2) is 42.3 Å². The lowest BCUT2D eigenvalue weighted by Crippen LogP contribution is -2.44. The summed E-state index contributed by atoms with van der Waals surface area (Å²) >= 11 is 0. The molecule has 1 atom stereocenters. The number of ether oxygens (including phenoxy) is 1. The number of rotatable bonds is 4. The highest BCUT2D eigenvalue weighted by atomic mass is 16.6. The van der Waals surface area contributed by atoms with E-state index < -0.39 is 5.60 Å². The molecule has 118 valence electrons. The minimum Gasteiger partial charge on any atom is -0.444 e. The Morgan fingerprint density at radius 2 is 1.90 bits per heavy atom. The molecule has 1 aliphatic rings. The van der Waals surface area contributed by atoms with Crippen LogP contribution < -0.4 is 5.32 Å². The van der Waals surface area contributed by atoms with E-state index in [1.807, 2.05) is 25.7 Å². The molecule has 4 heteroatoms. The standard InChI is InChI=1S/C16H32N2O2/c1-15(2,3)9-10-17-12-13-8-7-11-18(13)14(19)20-16(4,5)6/h13,17H,7-12H2,1-6H3. The molecule has 1 heterocycles. The van der Waals surface area contributed by atoms with Crippen LogP contribution in [0.4, 0.5) is 4.79 Å². The molecule has 0 aromatic carbocycles. The second kappa shape index (κ2) is 6.79. The van der Waals surface area contributed by atoms with Gasteiger partial charge in [-0.2, -0.15) is 0 Å². The Morgan fingerprint density at radius 1 is 1.25 bits per heavy atom. The molecule has 1 unspecified atom stereocenters. The number of hydrogen-bond acceptors (Lipinski definition) is 3. The predicted molar refractivity (Wildman–Crippen MR) is 82.9 cm³/mol. The summed E-state index contributed by atoms with van der Waals surface area (Å²) in [5.41, 5.74) is -0.0581. The Bertz CT molecular complexity index is 315. The number of nitrogens with zero attached hydrogens (tertiary/aromatic N) is 1. The Morgan fingerprint density at radius 3 is 2.45 bits per heavy atom. The first kappa shape index (κ1) is 17.3. The number of likely N-dealkylation sites (tertiary alicyclic amines) is 1. The zero-order valence-electron chi connectivity index (χ0n) is 14.1. The lowest BCUT2D eigenvalue weighted by molar-refractivity contribution is 0.0226. The fraction of sp³-hybridized carbons (Fsp3) is 0.938. The lowest BCUT2D eigenvalue weighted by Gasteiger charge is -2.29.